The van der Waals surface area contributed by atoms with E-state index in [-0.39, 0.29) is 23.5 Å². The van der Waals surface area contributed by atoms with Gasteiger partial charge >= 0.3 is 0 Å². The molecule has 0 spiro atoms. The van der Waals surface area contributed by atoms with Crippen molar-refractivity contribution in [2.24, 2.45) is 23.7 Å². The molecule has 2 aromatic rings. The first-order valence-electron chi connectivity index (χ1n) is 10.1. The number of aliphatic hydroxyl groups is 1. The third kappa shape index (κ3) is 2.71. The van der Waals surface area contributed by atoms with E-state index in [9.17, 15) is 19.8 Å². The molecule has 3 aliphatic rings. The van der Waals surface area contributed by atoms with Gasteiger partial charge in [0.1, 0.15) is 5.75 Å². The number of phenolic OH excluding ortho intramolecular Hbond substituents is 1. The number of rotatable bonds is 2. The fourth-order valence-corrected chi connectivity index (χ4v) is 5.74. The van der Waals surface area contributed by atoms with Crippen LogP contribution < -0.4 is 4.90 Å². The second-order valence-electron chi connectivity index (χ2n) is 8.52. The average Bonchev–Trinajstić information content (AvgIpc) is 3.18. The third-order valence-electron chi connectivity index (χ3n) is 6.90. The predicted molar refractivity (Wildman–Crippen MR) is 110 cm³/mol. The second kappa shape index (κ2) is 6.80. The minimum atomic E-state index is -1.52. The molecular formula is C23H22ClNO5. The molecule has 1 aliphatic carbocycles. The van der Waals surface area contributed by atoms with Gasteiger partial charge in [0.05, 0.1) is 28.6 Å². The highest BCUT2D eigenvalue weighted by Crippen LogP contribution is 2.58. The maximum atomic E-state index is 13.4. The minimum absolute atomic E-state index is 0.0429. The summed E-state index contributed by atoms with van der Waals surface area (Å²) in [4.78, 5) is 27.8. The van der Waals surface area contributed by atoms with E-state index in [1.165, 1.54) is 17.0 Å². The molecule has 156 valence electrons. The molecular weight excluding hydrogens is 406 g/mol. The lowest BCUT2D eigenvalue weighted by Crippen LogP contribution is -2.52. The van der Waals surface area contributed by atoms with E-state index in [0.717, 1.165) is 0 Å². The fraction of sp³-hybridized carbons (Fsp3) is 0.391. The molecule has 6 nitrogen and oxygen atoms in total. The number of hydrogen-bond donors (Lipinski definition) is 2. The quantitative estimate of drug-likeness (QED) is 0.714. The van der Waals surface area contributed by atoms with Crippen molar-refractivity contribution < 1.29 is 24.5 Å². The van der Waals surface area contributed by atoms with Crippen LogP contribution in [-0.2, 0) is 14.3 Å². The van der Waals surface area contributed by atoms with Crippen LogP contribution in [0.3, 0.4) is 0 Å². The van der Waals surface area contributed by atoms with E-state index < -0.39 is 29.6 Å². The third-order valence-corrected chi connectivity index (χ3v) is 7.23. The number of carbonyl (C=O) groups excluding carboxylic acids is 2. The number of amides is 2. The monoisotopic (exact) mass is 427 g/mol. The van der Waals surface area contributed by atoms with Crippen molar-refractivity contribution in [3.8, 4) is 5.75 Å². The Hall–Kier alpha value is -2.41. The summed E-state index contributed by atoms with van der Waals surface area (Å²) in [7, 11) is 0. The molecule has 3 fully saturated rings. The molecule has 2 heterocycles. The smallest absolute Gasteiger partial charge is 0.238 e. The zero-order chi connectivity index (χ0) is 21.2. The average molecular weight is 428 g/mol. The number of fused-ring (bicyclic) bond motifs is 3. The predicted octanol–water partition coefficient (Wildman–Crippen LogP) is 3.66. The van der Waals surface area contributed by atoms with E-state index >= 15 is 0 Å². The number of ether oxygens (including phenoxy) is 1. The second-order valence-corrected chi connectivity index (χ2v) is 8.93. The Morgan fingerprint density at radius 1 is 1.10 bits per heavy atom. The summed E-state index contributed by atoms with van der Waals surface area (Å²) < 4.78 is 6.11. The Bertz CT molecular complexity index is 1030. The number of hydrogen-bond acceptors (Lipinski definition) is 5. The molecule has 30 heavy (non-hydrogen) atoms. The van der Waals surface area contributed by atoms with Gasteiger partial charge in [0, 0.05) is 11.8 Å². The van der Waals surface area contributed by atoms with E-state index in [0.29, 0.717) is 29.1 Å². The van der Waals surface area contributed by atoms with Gasteiger partial charge < -0.3 is 14.9 Å². The summed E-state index contributed by atoms with van der Waals surface area (Å²) in [6.07, 6.45) is 0.221. The number of benzene rings is 2. The largest absolute Gasteiger partial charge is 0.508 e. The van der Waals surface area contributed by atoms with Crippen molar-refractivity contribution in [2.45, 2.75) is 31.7 Å². The van der Waals surface area contributed by atoms with E-state index in [4.69, 9.17) is 16.3 Å². The zero-order valence-corrected chi connectivity index (χ0v) is 17.1. The Labute approximate surface area is 179 Å². The van der Waals surface area contributed by atoms with Crippen molar-refractivity contribution in [3.63, 3.8) is 0 Å². The molecule has 0 aromatic heterocycles. The number of halogens is 1. The van der Waals surface area contributed by atoms with Gasteiger partial charge in [0.25, 0.3) is 0 Å². The molecule has 5 rings (SSSR count). The molecule has 2 saturated heterocycles. The summed E-state index contributed by atoms with van der Waals surface area (Å²) in [5.41, 5.74) is 1.20. The van der Waals surface area contributed by atoms with Crippen LogP contribution in [0.25, 0.3) is 0 Å². The Morgan fingerprint density at radius 2 is 1.83 bits per heavy atom. The Morgan fingerprint density at radius 3 is 2.53 bits per heavy atom. The van der Waals surface area contributed by atoms with Gasteiger partial charge in [0.2, 0.25) is 11.8 Å². The summed E-state index contributed by atoms with van der Waals surface area (Å²) in [6.45, 7) is 1.85. The van der Waals surface area contributed by atoms with Gasteiger partial charge in [-0.05, 0) is 42.7 Å². The van der Waals surface area contributed by atoms with Crippen LogP contribution in [0.1, 0.15) is 31.4 Å². The molecule has 7 heteroatoms. The highest BCUT2D eigenvalue weighted by atomic mass is 35.5. The first-order valence-corrected chi connectivity index (χ1v) is 10.5. The maximum Gasteiger partial charge on any atom is 0.238 e. The van der Waals surface area contributed by atoms with Crippen LogP contribution in [0.15, 0.2) is 48.5 Å². The molecule has 2 amide bonds. The van der Waals surface area contributed by atoms with Crippen LogP contribution in [0, 0.1) is 23.7 Å². The Kier molecular flexibility index (Phi) is 4.43. The summed E-state index contributed by atoms with van der Waals surface area (Å²) in [5.74, 6) is -3.93. The molecule has 2 aromatic carbocycles. The number of para-hydroxylation sites is 1. The van der Waals surface area contributed by atoms with Crippen molar-refractivity contribution >= 4 is 29.1 Å². The SMILES string of the molecule is C[C@H]1C[C@@H]2C(=O)N(c3ccccc3)C(=O)[C@@H]2[C@@H]2C[C@@H](c3ccc(O)cc3Cl)O[C@]12O. The first kappa shape index (κ1) is 19.5. The molecule has 6 atom stereocenters. The molecule has 1 saturated carbocycles. The lowest BCUT2D eigenvalue weighted by Gasteiger charge is -2.43. The standard InChI is InChI=1S/C23H22ClNO5/c1-12-9-16-20(22(28)25(21(16)27)13-5-3-2-4-6-13)17-11-19(30-23(12,17)29)15-8-7-14(26)10-18(15)24/h2-8,10,12,16-17,19-20,26,29H,9,11H2,1H3/t12-,16-,17-,19-,20-,23+/m0/s1. The van der Waals surface area contributed by atoms with Crippen molar-refractivity contribution in [1.29, 1.82) is 0 Å². The Balaban J connectivity index is 1.52. The van der Waals surface area contributed by atoms with Gasteiger partial charge in [-0.15, -0.1) is 0 Å². The topological polar surface area (TPSA) is 87.1 Å². The highest BCUT2D eigenvalue weighted by molar-refractivity contribution is 6.31. The van der Waals surface area contributed by atoms with Gasteiger partial charge in [-0.2, -0.15) is 0 Å². The van der Waals surface area contributed by atoms with Crippen LogP contribution in [0.4, 0.5) is 5.69 Å². The van der Waals surface area contributed by atoms with Gasteiger partial charge in [-0.25, -0.2) is 0 Å². The molecule has 0 unspecified atom stereocenters. The number of aromatic hydroxyl groups is 1. The zero-order valence-electron chi connectivity index (χ0n) is 16.4. The number of nitrogens with zero attached hydrogens (tertiary/aromatic N) is 1. The van der Waals surface area contributed by atoms with Crippen molar-refractivity contribution in [1.82, 2.24) is 0 Å². The van der Waals surface area contributed by atoms with E-state index in [1.807, 2.05) is 13.0 Å². The fourth-order valence-electron chi connectivity index (χ4n) is 5.45. The van der Waals surface area contributed by atoms with E-state index in [2.05, 4.69) is 0 Å². The van der Waals surface area contributed by atoms with Crippen LogP contribution in [-0.4, -0.2) is 27.8 Å². The number of anilines is 1. The molecule has 2 N–H and O–H groups in total. The van der Waals surface area contributed by atoms with Crippen LogP contribution in [0.5, 0.6) is 5.75 Å². The number of imide groups is 1. The normalized spacial score (nSPS) is 35.4. The maximum absolute atomic E-state index is 13.4. The first-order chi connectivity index (χ1) is 14.3. The summed E-state index contributed by atoms with van der Waals surface area (Å²) in [5, 5.41) is 21.4. The van der Waals surface area contributed by atoms with Crippen molar-refractivity contribution in [3.05, 3.63) is 59.1 Å². The minimum Gasteiger partial charge on any atom is -0.508 e. The van der Waals surface area contributed by atoms with Gasteiger partial charge in [-0.1, -0.05) is 42.8 Å². The lowest BCUT2D eigenvalue weighted by molar-refractivity contribution is -0.265. The van der Waals surface area contributed by atoms with Crippen LogP contribution in [0.2, 0.25) is 5.02 Å². The lowest BCUT2D eigenvalue weighted by atomic mass is 9.65. The number of phenols is 1. The number of carbonyl (C=O) groups is 2. The van der Waals surface area contributed by atoms with E-state index in [1.54, 1.807) is 30.3 Å². The van der Waals surface area contributed by atoms with Crippen molar-refractivity contribution in [2.75, 3.05) is 4.90 Å². The highest BCUT2D eigenvalue weighted by Gasteiger charge is 2.66. The summed E-state index contributed by atoms with van der Waals surface area (Å²) in [6, 6.07) is 13.5. The molecule has 0 bridgehead atoms. The molecule has 2 aliphatic heterocycles. The van der Waals surface area contributed by atoms with Gasteiger partial charge in [-0.3, -0.25) is 14.5 Å². The van der Waals surface area contributed by atoms with Crippen LogP contribution >= 0.6 is 11.6 Å². The summed E-state index contributed by atoms with van der Waals surface area (Å²) >= 11 is 6.30. The molecule has 0 radical (unpaired) electrons. The van der Waals surface area contributed by atoms with Gasteiger partial charge in [0.15, 0.2) is 5.79 Å².